The van der Waals surface area contributed by atoms with Gasteiger partial charge in [0.05, 0.1) is 13.7 Å². The molecule has 0 atom stereocenters. The summed E-state index contributed by atoms with van der Waals surface area (Å²) in [5.74, 6) is 1.21. The molecule has 1 aliphatic rings. The molecule has 0 saturated heterocycles. The minimum atomic E-state index is -1.52. The molecule has 0 amide bonds. The molecule has 14 heavy (non-hydrogen) atoms. The van der Waals surface area contributed by atoms with Crippen LogP contribution in [-0.4, -0.2) is 30.9 Å². The number of rotatable bonds is 2. The predicted octanol–water partition coefficient (Wildman–Crippen LogP) is -0.690. The van der Waals surface area contributed by atoms with Crippen molar-refractivity contribution in [1.29, 1.82) is 0 Å². The number of benzene rings is 1. The standard InChI is InChI=1S/C9H11BO4/c1-13-7-4-6-2-3-14-9(6)8(5-7)10(11)12/h4-5,11-12H,2-3H2,1H3. The number of hydrogen-bond donors (Lipinski definition) is 2. The molecule has 0 aliphatic carbocycles. The van der Waals surface area contributed by atoms with E-state index in [4.69, 9.17) is 19.5 Å². The van der Waals surface area contributed by atoms with Crippen molar-refractivity contribution < 1.29 is 19.5 Å². The second-order valence-electron chi connectivity index (χ2n) is 3.18. The Morgan fingerprint density at radius 3 is 2.86 bits per heavy atom. The molecule has 1 aromatic rings. The van der Waals surface area contributed by atoms with Crippen molar-refractivity contribution in [3.63, 3.8) is 0 Å². The van der Waals surface area contributed by atoms with Crippen molar-refractivity contribution in [3.8, 4) is 11.5 Å². The van der Waals surface area contributed by atoms with Crippen LogP contribution >= 0.6 is 0 Å². The molecule has 4 nitrogen and oxygen atoms in total. The van der Waals surface area contributed by atoms with E-state index in [0.717, 1.165) is 12.0 Å². The Kier molecular flexibility index (Phi) is 2.35. The van der Waals surface area contributed by atoms with Gasteiger partial charge in [-0.2, -0.15) is 0 Å². The second kappa shape index (κ2) is 3.51. The third-order valence-corrected chi connectivity index (χ3v) is 2.30. The second-order valence-corrected chi connectivity index (χ2v) is 3.18. The maximum absolute atomic E-state index is 9.13. The zero-order valence-electron chi connectivity index (χ0n) is 7.86. The molecular weight excluding hydrogens is 183 g/mol. The van der Waals surface area contributed by atoms with E-state index in [9.17, 15) is 0 Å². The van der Waals surface area contributed by atoms with E-state index in [0.29, 0.717) is 23.6 Å². The summed E-state index contributed by atoms with van der Waals surface area (Å²) in [6, 6.07) is 3.43. The highest BCUT2D eigenvalue weighted by atomic mass is 16.5. The van der Waals surface area contributed by atoms with Crippen molar-refractivity contribution >= 4 is 12.6 Å². The van der Waals surface area contributed by atoms with Crippen LogP contribution in [0, 0.1) is 0 Å². The van der Waals surface area contributed by atoms with Gasteiger partial charge in [-0.05, 0) is 12.1 Å². The highest BCUT2D eigenvalue weighted by molar-refractivity contribution is 6.59. The molecule has 0 saturated carbocycles. The summed E-state index contributed by atoms with van der Waals surface area (Å²) in [6.07, 6.45) is 0.784. The Morgan fingerprint density at radius 2 is 2.21 bits per heavy atom. The van der Waals surface area contributed by atoms with E-state index in [1.54, 1.807) is 13.2 Å². The highest BCUT2D eigenvalue weighted by Crippen LogP contribution is 2.27. The predicted molar refractivity (Wildman–Crippen MR) is 52.0 cm³/mol. The molecule has 5 heteroatoms. The summed E-state index contributed by atoms with van der Waals surface area (Å²) in [6.45, 7) is 0.586. The summed E-state index contributed by atoms with van der Waals surface area (Å²) in [5, 5.41) is 18.3. The number of methoxy groups -OCH3 is 1. The van der Waals surface area contributed by atoms with Gasteiger partial charge in [0, 0.05) is 17.4 Å². The Bertz CT molecular complexity index is 351. The fourth-order valence-corrected chi connectivity index (χ4v) is 1.62. The minimum absolute atomic E-state index is 0.372. The van der Waals surface area contributed by atoms with Gasteiger partial charge in [-0.1, -0.05) is 0 Å². The molecule has 2 rings (SSSR count). The Labute approximate surface area is 82.2 Å². The van der Waals surface area contributed by atoms with E-state index >= 15 is 0 Å². The third-order valence-electron chi connectivity index (χ3n) is 2.30. The largest absolute Gasteiger partial charge is 0.497 e. The lowest BCUT2D eigenvalue weighted by Crippen LogP contribution is -2.31. The van der Waals surface area contributed by atoms with Crippen molar-refractivity contribution in [1.82, 2.24) is 0 Å². The van der Waals surface area contributed by atoms with Crippen molar-refractivity contribution in [2.24, 2.45) is 0 Å². The van der Waals surface area contributed by atoms with Gasteiger partial charge in [0.1, 0.15) is 11.5 Å². The van der Waals surface area contributed by atoms with Crippen LogP contribution < -0.4 is 14.9 Å². The number of fused-ring (bicyclic) bond motifs is 1. The van der Waals surface area contributed by atoms with E-state index < -0.39 is 7.12 Å². The van der Waals surface area contributed by atoms with Crippen LogP contribution in [0.5, 0.6) is 11.5 Å². The Balaban J connectivity index is 2.52. The first-order chi connectivity index (χ1) is 6.72. The quantitative estimate of drug-likeness (QED) is 0.611. The van der Waals surface area contributed by atoms with Crippen LogP contribution in [0.25, 0.3) is 0 Å². The van der Waals surface area contributed by atoms with Gasteiger partial charge >= 0.3 is 7.12 Å². The van der Waals surface area contributed by atoms with Gasteiger partial charge in [0.2, 0.25) is 0 Å². The van der Waals surface area contributed by atoms with Crippen LogP contribution in [-0.2, 0) is 6.42 Å². The fourth-order valence-electron chi connectivity index (χ4n) is 1.62. The molecule has 0 spiro atoms. The molecule has 1 heterocycles. The molecule has 0 aromatic heterocycles. The molecule has 0 radical (unpaired) electrons. The van der Waals surface area contributed by atoms with E-state index in [1.807, 2.05) is 6.07 Å². The zero-order chi connectivity index (χ0) is 10.1. The van der Waals surface area contributed by atoms with Gasteiger partial charge in [-0.25, -0.2) is 0 Å². The average Bonchev–Trinajstić information content (AvgIpc) is 2.63. The lowest BCUT2D eigenvalue weighted by atomic mass is 9.78. The first-order valence-corrected chi connectivity index (χ1v) is 4.42. The summed E-state index contributed by atoms with van der Waals surface area (Å²) in [7, 11) is 0.0300. The molecule has 1 aromatic carbocycles. The van der Waals surface area contributed by atoms with E-state index in [-0.39, 0.29) is 0 Å². The van der Waals surface area contributed by atoms with Crippen LogP contribution in [0.2, 0.25) is 0 Å². The Hall–Kier alpha value is -1.20. The summed E-state index contributed by atoms with van der Waals surface area (Å²) >= 11 is 0. The summed E-state index contributed by atoms with van der Waals surface area (Å²) in [5.41, 5.74) is 1.34. The fraction of sp³-hybridized carbons (Fsp3) is 0.333. The van der Waals surface area contributed by atoms with E-state index in [1.165, 1.54) is 0 Å². The molecule has 0 fully saturated rings. The van der Waals surface area contributed by atoms with Gasteiger partial charge in [0.25, 0.3) is 0 Å². The first-order valence-electron chi connectivity index (χ1n) is 4.42. The summed E-state index contributed by atoms with van der Waals surface area (Å²) < 4.78 is 10.4. The topological polar surface area (TPSA) is 58.9 Å². The highest BCUT2D eigenvalue weighted by Gasteiger charge is 2.24. The lowest BCUT2D eigenvalue weighted by Gasteiger charge is -2.09. The third kappa shape index (κ3) is 1.45. The van der Waals surface area contributed by atoms with Gasteiger partial charge in [-0.3, -0.25) is 0 Å². The monoisotopic (exact) mass is 194 g/mol. The van der Waals surface area contributed by atoms with Crippen molar-refractivity contribution in [2.45, 2.75) is 6.42 Å². The lowest BCUT2D eigenvalue weighted by molar-refractivity contribution is 0.355. The van der Waals surface area contributed by atoms with Gasteiger partial charge in [-0.15, -0.1) is 0 Å². The molecule has 2 N–H and O–H groups in total. The first kappa shape index (κ1) is 9.36. The molecule has 74 valence electrons. The van der Waals surface area contributed by atoms with Crippen LogP contribution in [0.15, 0.2) is 12.1 Å². The number of ether oxygens (including phenoxy) is 2. The molecule has 1 aliphatic heterocycles. The summed E-state index contributed by atoms with van der Waals surface area (Å²) in [4.78, 5) is 0. The zero-order valence-corrected chi connectivity index (χ0v) is 7.86. The van der Waals surface area contributed by atoms with Crippen LogP contribution in [0.3, 0.4) is 0 Å². The van der Waals surface area contributed by atoms with Gasteiger partial charge in [0.15, 0.2) is 0 Å². The number of hydrogen-bond acceptors (Lipinski definition) is 4. The van der Waals surface area contributed by atoms with E-state index in [2.05, 4.69) is 0 Å². The maximum Gasteiger partial charge on any atom is 0.492 e. The minimum Gasteiger partial charge on any atom is -0.497 e. The normalized spacial score (nSPS) is 13.4. The SMILES string of the molecule is COc1cc2c(c(B(O)O)c1)OCC2. The van der Waals surface area contributed by atoms with Gasteiger partial charge < -0.3 is 19.5 Å². The molecule has 0 unspecified atom stereocenters. The Morgan fingerprint density at radius 1 is 1.43 bits per heavy atom. The molecular formula is C9H11BO4. The van der Waals surface area contributed by atoms with Crippen LogP contribution in [0.4, 0.5) is 0 Å². The average molecular weight is 194 g/mol. The van der Waals surface area contributed by atoms with Crippen LogP contribution in [0.1, 0.15) is 5.56 Å². The van der Waals surface area contributed by atoms with Crippen molar-refractivity contribution in [3.05, 3.63) is 17.7 Å². The molecule has 0 bridgehead atoms. The smallest absolute Gasteiger partial charge is 0.492 e. The maximum atomic E-state index is 9.13. The van der Waals surface area contributed by atoms with Crippen molar-refractivity contribution in [2.75, 3.05) is 13.7 Å².